The molecule has 0 radical (unpaired) electrons. The Labute approximate surface area is 127 Å². The lowest BCUT2D eigenvalue weighted by Crippen LogP contribution is -2.28. The third-order valence-electron chi connectivity index (χ3n) is 2.71. The van der Waals surface area contributed by atoms with Crippen molar-refractivity contribution in [2.24, 2.45) is 0 Å². The van der Waals surface area contributed by atoms with Gasteiger partial charge in [-0.05, 0) is 19.9 Å². The van der Waals surface area contributed by atoms with Crippen molar-refractivity contribution in [1.29, 1.82) is 0 Å². The predicted octanol–water partition coefficient (Wildman–Crippen LogP) is 1.55. The van der Waals surface area contributed by atoms with Crippen molar-refractivity contribution in [3.8, 4) is 0 Å². The number of hydrogen-bond acceptors (Lipinski definition) is 5. The molecule has 0 fully saturated rings. The Bertz CT molecular complexity index is 523. The SMILES string of the molecule is Cc1cc(C(=O)CCC(=O)NCCOCC(=O)O)c(C)s1. The number of Topliss-reactive ketones (excluding diaryl/α,β-unsaturated/α-hetero) is 1. The van der Waals surface area contributed by atoms with Crippen LogP contribution in [0.5, 0.6) is 0 Å². The standard InChI is InChI=1S/C14H19NO5S/c1-9-7-11(10(2)21-9)12(16)3-4-13(17)15-5-6-20-8-14(18)19/h7H,3-6,8H2,1-2H3,(H,15,17)(H,18,19). The predicted molar refractivity (Wildman–Crippen MR) is 78.8 cm³/mol. The van der Waals surface area contributed by atoms with Gasteiger partial charge in [0.05, 0.1) is 6.61 Å². The van der Waals surface area contributed by atoms with Crippen molar-refractivity contribution in [3.05, 3.63) is 21.4 Å². The molecule has 1 aromatic rings. The van der Waals surface area contributed by atoms with Crippen LogP contribution < -0.4 is 5.32 Å². The van der Waals surface area contributed by atoms with E-state index < -0.39 is 5.97 Å². The maximum Gasteiger partial charge on any atom is 0.329 e. The number of carbonyl (C=O) groups is 3. The number of carboxylic acid groups (broad SMARTS) is 1. The average Bonchev–Trinajstić information content (AvgIpc) is 2.74. The molecule has 1 amide bonds. The highest BCUT2D eigenvalue weighted by molar-refractivity contribution is 7.12. The summed E-state index contributed by atoms with van der Waals surface area (Å²) in [5.41, 5.74) is 0.690. The van der Waals surface area contributed by atoms with Gasteiger partial charge in [0, 0.05) is 34.7 Å². The molecule has 0 saturated carbocycles. The number of carboxylic acids is 1. The van der Waals surface area contributed by atoms with Crippen molar-refractivity contribution >= 4 is 29.0 Å². The zero-order chi connectivity index (χ0) is 15.8. The minimum atomic E-state index is -1.05. The minimum absolute atomic E-state index is 0.0332. The second-order valence-corrected chi connectivity index (χ2v) is 6.01. The molecule has 0 atom stereocenters. The van der Waals surface area contributed by atoms with Gasteiger partial charge in [0.1, 0.15) is 6.61 Å². The maximum atomic E-state index is 12.0. The molecule has 0 aliphatic rings. The molecule has 0 bridgehead atoms. The molecule has 21 heavy (non-hydrogen) atoms. The lowest BCUT2D eigenvalue weighted by atomic mass is 10.1. The van der Waals surface area contributed by atoms with Crippen molar-refractivity contribution in [3.63, 3.8) is 0 Å². The second kappa shape index (κ2) is 8.53. The number of aliphatic carboxylic acids is 1. The van der Waals surface area contributed by atoms with Crippen LogP contribution in [0.3, 0.4) is 0 Å². The first kappa shape index (κ1) is 17.3. The number of thiophene rings is 1. The molecular formula is C14H19NO5S. The van der Waals surface area contributed by atoms with Gasteiger partial charge in [-0.2, -0.15) is 0 Å². The summed E-state index contributed by atoms with van der Waals surface area (Å²) >= 11 is 1.57. The smallest absolute Gasteiger partial charge is 0.329 e. The van der Waals surface area contributed by atoms with E-state index in [1.54, 1.807) is 11.3 Å². The van der Waals surface area contributed by atoms with Crippen LogP contribution in [0.15, 0.2) is 6.07 Å². The molecule has 0 unspecified atom stereocenters. The van der Waals surface area contributed by atoms with Gasteiger partial charge in [0.2, 0.25) is 5.91 Å². The summed E-state index contributed by atoms with van der Waals surface area (Å²) in [5.74, 6) is -1.32. The molecule has 0 spiro atoms. The molecule has 0 aromatic carbocycles. The monoisotopic (exact) mass is 313 g/mol. The number of nitrogens with one attached hydrogen (secondary N) is 1. The van der Waals surface area contributed by atoms with E-state index in [1.807, 2.05) is 19.9 Å². The number of rotatable bonds is 9. The van der Waals surface area contributed by atoms with Crippen LogP contribution in [0.1, 0.15) is 33.0 Å². The Hall–Kier alpha value is -1.73. The summed E-state index contributed by atoms with van der Waals surface area (Å²) in [6.45, 7) is 3.82. The zero-order valence-corrected chi connectivity index (χ0v) is 12.9. The summed E-state index contributed by atoms with van der Waals surface area (Å²) in [5, 5.41) is 10.9. The fourth-order valence-corrected chi connectivity index (χ4v) is 2.72. The first-order valence-corrected chi connectivity index (χ1v) is 7.38. The lowest BCUT2D eigenvalue weighted by Gasteiger charge is -2.05. The Morgan fingerprint density at radius 1 is 1.29 bits per heavy atom. The molecule has 1 heterocycles. The molecule has 6 nitrogen and oxygen atoms in total. The second-order valence-electron chi connectivity index (χ2n) is 4.55. The Morgan fingerprint density at radius 2 is 2.00 bits per heavy atom. The van der Waals surface area contributed by atoms with E-state index in [4.69, 9.17) is 9.84 Å². The van der Waals surface area contributed by atoms with Gasteiger partial charge >= 0.3 is 5.97 Å². The molecule has 2 N–H and O–H groups in total. The number of aryl methyl sites for hydroxylation is 2. The molecular weight excluding hydrogens is 294 g/mol. The van der Waals surface area contributed by atoms with Gasteiger partial charge in [-0.15, -0.1) is 11.3 Å². The number of hydrogen-bond donors (Lipinski definition) is 2. The highest BCUT2D eigenvalue weighted by Crippen LogP contribution is 2.22. The summed E-state index contributed by atoms with van der Waals surface area (Å²) in [7, 11) is 0. The summed E-state index contributed by atoms with van der Waals surface area (Å²) in [4.78, 5) is 35.7. The molecule has 1 aromatic heterocycles. The van der Waals surface area contributed by atoms with Crippen molar-refractivity contribution in [2.75, 3.05) is 19.8 Å². The van der Waals surface area contributed by atoms with E-state index in [2.05, 4.69) is 5.32 Å². The Kier molecular flexibility index (Phi) is 7.04. The van der Waals surface area contributed by atoms with Crippen molar-refractivity contribution in [2.45, 2.75) is 26.7 Å². The van der Waals surface area contributed by atoms with Crippen LogP contribution in [0.25, 0.3) is 0 Å². The third-order valence-corrected chi connectivity index (χ3v) is 3.68. The van der Waals surface area contributed by atoms with E-state index in [1.165, 1.54) is 0 Å². The first-order chi connectivity index (χ1) is 9.90. The Balaban J connectivity index is 2.22. The summed E-state index contributed by atoms with van der Waals surface area (Å²) in [6, 6.07) is 1.85. The summed E-state index contributed by atoms with van der Waals surface area (Å²) < 4.78 is 4.78. The molecule has 0 aliphatic heterocycles. The van der Waals surface area contributed by atoms with Gasteiger partial charge in [0.15, 0.2) is 5.78 Å². The van der Waals surface area contributed by atoms with E-state index >= 15 is 0 Å². The third kappa shape index (κ3) is 6.50. The van der Waals surface area contributed by atoms with Gasteiger partial charge in [-0.1, -0.05) is 0 Å². The number of carbonyl (C=O) groups excluding carboxylic acids is 2. The van der Waals surface area contributed by atoms with Gasteiger partial charge in [-0.3, -0.25) is 9.59 Å². The van der Waals surface area contributed by atoms with E-state index in [-0.39, 0.29) is 44.3 Å². The minimum Gasteiger partial charge on any atom is -0.480 e. The molecule has 7 heteroatoms. The zero-order valence-electron chi connectivity index (χ0n) is 12.1. The van der Waals surface area contributed by atoms with Crippen molar-refractivity contribution < 1.29 is 24.2 Å². The van der Waals surface area contributed by atoms with Crippen LogP contribution in [0.4, 0.5) is 0 Å². The fraction of sp³-hybridized carbons (Fsp3) is 0.500. The highest BCUT2D eigenvalue weighted by Gasteiger charge is 2.13. The fourth-order valence-electron chi connectivity index (χ4n) is 1.78. The van der Waals surface area contributed by atoms with Crippen LogP contribution in [-0.4, -0.2) is 42.5 Å². The van der Waals surface area contributed by atoms with Crippen LogP contribution >= 0.6 is 11.3 Å². The van der Waals surface area contributed by atoms with Crippen LogP contribution in [0.2, 0.25) is 0 Å². The van der Waals surface area contributed by atoms with E-state index in [9.17, 15) is 14.4 Å². The van der Waals surface area contributed by atoms with E-state index in [0.717, 1.165) is 9.75 Å². The molecule has 1 rings (SSSR count). The van der Waals surface area contributed by atoms with Gasteiger partial charge < -0.3 is 15.2 Å². The normalized spacial score (nSPS) is 10.4. The lowest BCUT2D eigenvalue weighted by molar-refractivity contribution is -0.142. The first-order valence-electron chi connectivity index (χ1n) is 6.56. The maximum absolute atomic E-state index is 12.0. The largest absolute Gasteiger partial charge is 0.480 e. The quantitative estimate of drug-likeness (QED) is 0.533. The molecule has 0 aliphatic carbocycles. The van der Waals surface area contributed by atoms with Gasteiger partial charge in [0.25, 0.3) is 0 Å². The molecule has 116 valence electrons. The van der Waals surface area contributed by atoms with Gasteiger partial charge in [-0.25, -0.2) is 4.79 Å². The average molecular weight is 313 g/mol. The number of ketones is 1. The topological polar surface area (TPSA) is 92.7 Å². The van der Waals surface area contributed by atoms with E-state index in [0.29, 0.717) is 5.56 Å². The highest BCUT2D eigenvalue weighted by atomic mass is 32.1. The summed E-state index contributed by atoms with van der Waals surface area (Å²) in [6.07, 6.45) is 0.283. The number of amides is 1. The molecule has 0 saturated heterocycles. The van der Waals surface area contributed by atoms with Crippen LogP contribution in [-0.2, 0) is 14.3 Å². The van der Waals surface area contributed by atoms with Crippen molar-refractivity contribution in [1.82, 2.24) is 5.32 Å². The Morgan fingerprint density at radius 3 is 2.57 bits per heavy atom. The van der Waals surface area contributed by atoms with Crippen LogP contribution in [0, 0.1) is 13.8 Å². The number of ether oxygens (including phenoxy) is 1.